The minimum absolute atomic E-state index is 0.433. The Morgan fingerprint density at radius 3 is 2.30 bits per heavy atom. The van der Waals surface area contributed by atoms with Crippen LogP contribution in [-0.4, -0.2) is 17.5 Å². The van der Waals surface area contributed by atoms with Crippen LogP contribution >= 0.6 is 11.8 Å². The van der Waals surface area contributed by atoms with Crippen LogP contribution in [0.2, 0.25) is 0 Å². The van der Waals surface area contributed by atoms with Gasteiger partial charge in [0.15, 0.2) is 0 Å². The predicted octanol–water partition coefficient (Wildman–Crippen LogP) is 1.72. The van der Waals surface area contributed by atoms with Crippen molar-refractivity contribution in [2.45, 2.75) is 26.8 Å². The van der Waals surface area contributed by atoms with E-state index in [2.05, 4.69) is 20.8 Å². The molecule has 1 rings (SSSR count). The standard InChI is InChI=1S/C8H17NS/c1-4-10-5-6-7(9)8(6,2)3/h6-7H,4-5,9H2,1-3H3. The van der Waals surface area contributed by atoms with Gasteiger partial charge in [0.25, 0.3) is 0 Å². The topological polar surface area (TPSA) is 26.0 Å². The molecule has 0 saturated heterocycles. The first-order chi connectivity index (χ1) is 4.60. The maximum Gasteiger partial charge on any atom is 0.0136 e. The first-order valence-electron chi connectivity index (χ1n) is 3.94. The van der Waals surface area contributed by atoms with Crippen molar-refractivity contribution < 1.29 is 0 Å². The molecule has 2 atom stereocenters. The zero-order valence-corrected chi connectivity index (χ0v) is 7.87. The Morgan fingerprint density at radius 1 is 1.50 bits per heavy atom. The molecule has 0 aromatic carbocycles. The third kappa shape index (κ3) is 1.32. The second kappa shape index (κ2) is 2.74. The first kappa shape index (κ1) is 8.41. The van der Waals surface area contributed by atoms with Gasteiger partial charge in [0, 0.05) is 6.04 Å². The highest BCUT2D eigenvalue weighted by atomic mass is 32.2. The van der Waals surface area contributed by atoms with Gasteiger partial charge in [0.05, 0.1) is 0 Å². The Balaban J connectivity index is 2.22. The molecule has 0 aromatic rings. The lowest BCUT2D eigenvalue weighted by atomic mass is 10.1. The predicted molar refractivity (Wildman–Crippen MR) is 48.2 cm³/mol. The van der Waals surface area contributed by atoms with Gasteiger partial charge in [-0.3, -0.25) is 0 Å². The summed E-state index contributed by atoms with van der Waals surface area (Å²) in [5.41, 5.74) is 6.30. The van der Waals surface area contributed by atoms with E-state index in [9.17, 15) is 0 Å². The number of hydrogen-bond acceptors (Lipinski definition) is 2. The van der Waals surface area contributed by atoms with Crippen molar-refractivity contribution in [3.63, 3.8) is 0 Å². The molecule has 1 aliphatic carbocycles. The van der Waals surface area contributed by atoms with Gasteiger partial charge in [-0.15, -0.1) is 0 Å². The van der Waals surface area contributed by atoms with Crippen molar-refractivity contribution in [2.75, 3.05) is 11.5 Å². The summed E-state index contributed by atoms with van der Waals surface area (Å²) >= 11 is 2.00. The average Bonchev–Trinajstić information content (AvgIpc) is 2.31. The van der Waals surface area contributed by atoms with Crippen molar-refractivity contribution in [1.82, 2.24) is 0 Å². The number of nitrogens with two attached hydrogens (primary N) is 1. The summed E-state index contributed by atoms with van der Waals surface area (Å²) in [5, 5.41) is 0. The second-order valence-electron chi connectivity index (χ2n) is 3.61. The Morgan fingerprint density at radius 2 is 2.00 bits per heavy atom. The molecule has 0 aromatic heterocycles. The summed E-state index contributed by atoms with van der Waals surface area (Å²) < 4.78 is 0. The van der Waals surface area contributed by atoms with E-state index < -0.39 is 0 Å². The lowest BCUT2D eigenvalue weighted by Gasteiger charge is -1.99. The molecule has 0 aliphatic heterocycles. The Hall–Kier alpha value is 0.310. The van der Waals surface area contributed by atoms with Gasteiger partial charge in [0.1, 0.15) is 0 Å². The molecule has 1 nitrogen and oxygen atoms in total. The molecule has 60 valence electrons. The van der Waals surface area contributed by atoms with E-state index in [1.807, 2.05) is 11.8 Å². The first-order valence-corrected chi connectivity index (χ1v) is 5.09. The highest BCUT2D eigenvalue weighted by Crippen LogP contribution is 2.51. The monoisotopic (exact) mass is 159 g/mol. The van der Waals surface area contributed by atoms with Gasteiger partial charge in [0.2, 0.25) is 0 Å². The molecule has 1 fully saturated rings. The summed E-state index contributed by atoms with van der Waals surface area (Å²) in [6, 6.07) is 0.464. The smallest absolute Gasteiger partial charge is 0.0136 e. The molecular weight excluding hydrogens is 142 g/mol. The van der Waals surface area contributed by atoms with Crippen LogP contribution in [0, 0.1) is 11.3 Å². The van der Waals surface area contributed by atoms with Crippen LogP contribution in [0.15, 0.2) is 0 Å². The zero-order valence-electron chi connectivity index (χ0n) is 7.05. The zero-order chi connectivity index (χ0) is 7.78. The fourth-order valence-corrected chi connectivity index (χ4v) is 2.48. The molecule has 1 saturated carbocycles. The van der Waals surface area contributed by atoms with E-state index in [1.54, 1.807) is 0 Å². The molecule has 0 heterocycles. The molecule has 0 radical (unpaired) electrons. The lowest BCUT2D eigenvalue weighted by molar-refractivity contribution is 0.577. The molecular formula is C8H17NS. The van der Waals surface area contributed by atoms with Gasteiger partial charge in [-0.1, -0.05) is 20.8 Å². The summed E-state index contributed by atoms with van der Waals surface area (Å²) in [7, 11) is 0. The van der Waals surface area contributed by atoms with Crippen molar-refractivity contribution in [3.8, 4) is 0 Å². The van der Waals surface area contributed by atoms with Crippen LogP contribution in [-0.2, 0) is 0 Å². The van der Waals surface area contributed by atoms with Crippen molar-refractivity contribution in [1.29, 1.82) is 0 Å². The molecule has 2 unspecified atom stereocenters. The Kier molecular flexibility index (Phi) is 2.31. The molecule has 2 N–H and O–H groups in total. The third-order valence-electron chi connectivity index (χ3n) is 2.64. The highest BCUT2D eigenvalue weighted by molar-refractivity contribution is 7.99. The van der Waals surface area contributed by atoms with Crippen molar-refractivity contribution in [2.24, 2.45) is 17.1 Å². The van der Waals surface area contributed by atoms with Crippen molar-refractivity contribution >= 4 is 11.8 Å². The molecule has 0 bridgehead atoms. The average molecular weight is 159 g/mol. The molecule has 2 heteroatoms. The molecule has 0 amide bonds. The second-order valence-corrected chi connectivity index (χ2v) is 4.93. The quantitative estimate of drug-likeness (QED) is 0.678. The Labute approximate surface area is 67.8 Å². The largest absolute Gasteiger partial charge is 0.327 e. The maximum absolute atomic E-state index is 5.87. The molecule has 10 heavy (non-hydrogen) atoms. The van der Waals surface area contributed by atoms with E-state index in [-0.39, 0.29) is 0 Å². The number of rotatable bonds is 3. The van der Waals surface area contributed by atoms with E-state index >= 15 is 0 Å². The lowest BCUT2D eigenvalue weighted by Crippen LogP contribution is -2.06. The number of hydrogen-bond donors (Lipinski definition) is 1. The van der Waals surface area contributed by atoms with Crippen LogP contribution < -0.4 is 5.73 Å². The minimum atomic E-state index is 0.433. The fourth-order valence-electron chi connectivity index (χ4n) is 1.35. The van der Waals surface area contributed by atoms with E-state index in [0.717, 1.165) is 5.92 Å². The van der Waals surface area contributed by atoms with Gasteiger partial charge < -0.3 is 5.73 Å². The summed E-state index contributed by atoms with van der Waals surface area (Å²) in [4.78, 5) is 0. The van der Waals surface area contributed by atoms with Crippen LogP contribution in [0.25, 0.3) is 0 Å². The normalized spacial score (nSPS) is 36.0. The van der Waals surface area contributed by atoms with E-state index in [4.69, 9.17) is 5.73 Å². The van der Waals surface area contributed by atoms with Crippen LogP contribution in [0.3, 0.4) is 0 Å². The summed E-state index contributed by atoms with van der Waals surface area (Å²) in [6.45, 7) is 6.72. The maximum atomic E-state index is 5.87. The van der Waals surface area contributed by atoms with Crippen LogP contribution in [0.1, 0.15) is 20.8 Å². The summed E-state index contributed by atoms with van der Waals surface area (Å²) in [6.07, 6.45) is 0. The van der Waals surface area contributed by atoms with Crippen molar-refractivity contribution in [3.05, 3.63) is 0 Å². The SMILES string of the molecule is CCSCC1C(N)C1(C)C. The van der Waals surface area contributed by atoms with Crippen LogP contribution in [0.5, 0.6) is 0 Å². The van der Waals surface area contributed by atoms with E-state index in [0.29, 0.717) is 11.5 Å². The minimum Gasteiger partial charge on any atom is -0.327 e. The van der Waals surface area contributed by atoms with Gasteiger partial charge in [-0.05, 0) is 22.8 Å². The molecule has 1 aliphatic rings. The van der Waals surface area contributed by atoms with E-state index in [1.165, 1.54) is 11.5 Å². The number of thioether (sulfide) groups is 1. The van der Waals surface area contributed by atoms with Crippen LogP contribution in [0.4, 0.5) is 0 Å². The van der Waals surface area contributed by atoms with Gasteiger partial charge >= 0.3 is 0 Å². The molecule has 0 spiro atoms. The summed E-state index contributed by atoms with van der Waals surface area (Å²) in [5.74, 6) is 3.25. The van der Waals surface area contributed by atoms with Gasteiger partial charge in [-0.2, -0.15) is 11.8 Å². The fraction of sp³-hybridized carbons (Fsp3) is 1.00. The Bertz CT molecular complexity index is 122. The third-order valence-corrected chi connectivity index (χ3v) is 3.64. The highest BCUT2D eigenvalue weighted by Gasteiger charge is 2.54. The van der Waals surface area contributed by atoms with Gasteiger partial charge in [-0.25, -0.2) is 0 Å².